The van der Waals surface area contributed by atoms with Gasteiger partial charge in [0.2, 0.25) is 0 Å². The summed E-state index contributed by atoms with van der Waals surface area (Å²) in [4.78, 5) is 15.2. The summed E-state index contributed by atoms with van der Waals surface area (Å²) in [6.45, 7) is 4.59. The summed E-state index contributed by atoms with van der Waals surface area (Å²) in [7, 11) is 0. The van der Waals surface area contributed by atoms with Crippen LogP contribution in [-0.2, 0) is 14.9 Å². The Labute approximate surface area is 133 Å². The van der Waals surface area contributed by atoms with Crippen molar-refractivity contribution in [1.82, 2.24) is 4.90 Å². The molecule has 0 bridgehead atoms. The molecule has 1 heterocycles. The van der Waals surface area contributed by atoms with Crippen LogP contribution >= 0.6 is 12.4 Å². The number of carbonyl (C=O) groups excluding carboxylic acids is 1. The largest absolute Gasteiger partial charge is 0.465 e. The van der Waals surface area contributed by atoms with E-state index >= 15 is 0 Å². The SMILES string of the molecule is CCOC(=O)C1(c2ccccc2)CCC1N1CCCC1.Cl. The molecule has 2 unspecified atom stereocenters. The first-order valence-electron chi connectivity index (χ1n) is 7.76. The Morgan fingerprint density at radius 1 is 1.29 bits per heavy atom. The molecule has 1 aromatic rings. The molecule has 3 nitrogen and oxygen atoms in total. The van der Waals surface area contributed by atoms with E-state index in [0.29, 0.717) is 12.6 Å². The average molecular weight is 310 g/mol. The van der Waals surface area contributed by atoms with Crippen molar-refractivity contribution >= 4 is 18.4 Å². The van der Waals surface area contributed by atoms with E-state index in [9.17, 15) is 4.79 Å². The molecule has 1 aromatic carbocycles. The van der Waals surface area contributed by atoms with Gasteiger partial charge in [0.1, 0.15) is 5.41 Å². The third-order valence-electron chi connectivity index (χ3n) is 4.89. The third-order valence-corrected chi connectivity index (χ3v) is 4.89. The Bertz CT molecular complexity index is 473. The van der Waals surface area contributed by atoms with Crippen molar-refractivity contribution in [2.75, 3.05) is 19.7 Å². The molecule has 0 radical (unpaired) electrons. The van der Waals surface area contributed by atoms with Crippen molar-refractivity contribution < 1.29 is 9.53 Å². The number of hydrogen-bond donors (Lipinski definition) is 0. The molecule has 1 saturated heterocycles. The zero-order chi connectivity index (χ0) is 14.0. The van der Waals surface area contributed by atoms with Crippen LogP contribution in [0.5, 0.6) is 0 Å². The summed E-state index contributed by atoms with van der Waals surface area (Å²) in [6, 6.07) is 10.5. The van der Waals surface area contributed by atoms with Gasteiger partial charge in [-0.15, -0.1) is 12.4 Å². The van der Waals surface area contributed by atoms with Gasteiger partial charge in [-0.3, -0.25) is 9.69 Å². The van der Waals surface area contributed by atoms with E-state index in [1.165, 1.54) is 12.8 Å². The van der Waals surface area contributed by atoms with Crippen LogP contribution in [0.4, 0.5) is 0 Å². The topological polar surface area (TPSA) is 29.5 Å². The minimum absolute atomic E-state index is 0. The van der Waals surface area contributed by atoms with Crippen molar-refractivity contribution in [2.45, 2.75) is 44.1 Å². The molecular weight excluding hydrogens is 286 g/mol. The van der Waals surface area contributed by atoms with Crippen molar-refractivity contribution in [3.8, 4) is 0 Å². The smallest absolute Gasteiger partial charge is 0.318 e. The standard InChI is InChI=1S/C17H23NO2.ClH/c1-2-20-16(19)17(14-8-4-3-5-9-14)11-10-15(17)18-12-6-7-13-18;/h3-5,8-9,15H,2,6-7,10-13H2,1H3;1H. The maximum Gasteiger partial charge on any atom is 0.318 e. The quantitative estimate of drug-likeness (QED) is 0.800. The van der Waals surface area contributed by atoms with Gasteiger partial charge < -0.3 is 4.74 Å². The number of nitrogens with zero attached hydrogens (tertiary/aromatic N) is 1. The van der Waals surface area contributed by atoms with Gasteiger partial charge in [-0.1, -0.05) is 30.3 Å². The molecule has 0 amide bonds. The first-order chi connectivity index (χ1) is 9.79. The molecule has 0 spiro atoms. The van der Waals surface area contributed by atoms with Gasteiger partial charge in [0.25, 0.3) is 0 Å². The van der Waals surface area contributed by atoms with Gasteiger partial charge in [-0.05, 0) is 51.3 Å². The van der Waals surface area contributed by atoms with Crippen LogP contribution in [0.3, 0.4) is 0 Å². The Morgan fingerprint density at radius 2 is 1.95 bits per heavy atom. The lowest BCUT2D eigenvalue weighted by atomic mass is 9.60. The van der Waals surface area contributed by atoms with Gasteiger partial charge in [0.15, 0.2) is 0 Å². The van der Waals surface area contributed by atoms with Gasteiger partial charge in [0.05, 0.1) is 6.61 Å². The zero-order valence-electron chi connectivity index (χ0n) is 12.6. The van der Waals surface area contributed by atoms with Crippen LogP contribution in [0.25, 0.3) is 0 Å². The highest BCUT2D eigenvalue weighted by Gasteiger charge is 2.57. The number of likely N-dealkylation sites (tertiary alicyclic amines) is 1. The van der Waals surface area contributed by atoms with Crippen molar-refractivity contribution in [3.05, 3.63) is 35.9 Å². The van der Waals surface area contributed by atoms with Crippen LogP contribution < -0.4 is 0 Å². The predicted molar refractivity (Wildman–Crippen MR) is 85.8 cm³/mol. The highest BCUT2D eigenvalue weighted by Crippen LogP contribution is 2.48. The monoisotopic (exact) mass is 309 g/mol. The van der Waals surface area contributed by atoms with E-state index in [0.717, 1.165) is 31.5 Å². The number of benzene rings is 1. The highest BCUT2D eigenvalue weighted by atomic mass is 35.5. The van der Waals surface area contributed by atoms with E-state index in [1.54, 1.807) is 0 Å². The third kappa shape index (κ3) is 2.69. The molecule has 0 N–H and O–H groups in total. The summed E-state index contributed by atoms with van der Waals surface area (Å²) in [5.41, 5.74) is 0.698. The normalized spacial score (nSPS) is 28.5. The second-order valence-electron chi connectivity index (χ2n) is 5.86. The molecule has 4 heteroatoms. The van der Waals surface area contributed by atoms with E-state index < -0.39 is 5.41 Å². The molecule has 21 heavy (non-hydrogen) atoms. The van der Waals surface area contributed by atoms with Crippen LogP contribution in [0.15, 0.2) is 30.3 Å². The fourth-order valence-electron chi connectivity index (χ4n) is 3.80. The summed E-state index contributed by atoms with van der Waals surface area (Å²) in [5.74, 6) is -0.0330. The first-order valence-corrected chi connectivity index (χ1v) is 7.76. The Morgan fingerprint density at radius 3 is 2.48 bits per heavy atom. The molecule has 1 aliphatic carbocycles. The molecule has 2 fully saturated rings. The number of hydrogen-bond acceptors (Lipinski definition) is 3. The lowest BCUT2D eigenvalue weighted by molar-refractivity contribution is -0.159. The highest BCUT2D eigenvalue weighted by molar-refractivity contribution is 5.86. The summed E-state index contributed by atoms with van der Waals surface area (Å²) in [6.07, 6.45) is 4.53. The Balaban J connectivity index is 0.00000161. The number of esters is 1. The second kappa shape index (κ2) is 6.80. The van der Waals surface area contributed by atoms with Gasteiger partial charge in [-0.2, -0.15) is 0 Å². The Kier molecular flexibility index (Phi) is 5.28. The number of rotatable bonds is 4. The molecule has 1 saturated carbocycles. The first kappa shape index (κ1) is 16.3. The van der Waals surface area contributed by atoms with Gasteiger partial charge >= 0.3 is 5.97 Å². The molecule has 2 aliphatic rings. The summed E-state index contributed by atoms with van der Waals surface area (Å²) < 4.78 is 5.43. The molecule has 116 valence electrons. The number of halogens is 1. The lowest BCUT2D eigenvalue weighted by Gasteiger charge is -2.51. The van der Waals surface area contributed by atoms with Crippen molar-refractivity contribution in [3.63, 3.8) is 0 Å². The molecular formula is C17H24ClNO2. The molecule has 0 aromatic heterocycles. The van der Waals surface area contributed by atoms with Gasteiger partial charge in [-0.25, -0.2) is 0 Å². The fourth-order valence-corrected chi connectivity index (χ4v) is 3.80. The summed E-state index contributed by atoms with van der Waals surface area (Å²) in [5, 5.41) is 0. The number of carbonyl (C=O) groups is 1. The minimum Gasteiger partial charge on any atom is -0.465 e. The van der Waals surface area contributed by atoms with Crippen LogP contribution in [-0.4, -0.2) is 36.6 Å². The fraction of sp³-hybridized carbons (Fsp3) is 0.588. The van der Waals surface area contributed by atoms with Crippen molar-refractivity contribution in [2.24, 2.45) is 0 Å². The van der Waals surface area contributed by atoms with E-state index in [-0.39, 0.29) is 18.4 Å². The second-order valence-corrected chi connectivity index (χ2v) is 5.86. The molecule has 2 atom stereocenters. The molecule has 1 aliphatic heterocycles. The zero-order valence-corrected chi connectivity index (χ0v) is 13.4. The average Bonchev–Trinajstić information content (AvgIpc) is 2.93. The van der Waals surface area contributed by atoms with E-state index in [4.69, 9.17) is 4.74 Å². The van der Waals surface area contributed by atoms with Crippen LogP contribution in [0, 0.1) is 0 Å². The predicted octanol–water partition coefficient (Wildman–Crippen LogP) is 3.17. The van der Waals surface area contributed by atoms with E-state index in [1.807, 2.05) is 25.1 Å². The molecule has 3 rings (SSSR count). The maximum absolute atomic E-state index is 12.7. The van der Waals surface area contributed by atoms with Crippen molar-refractivity contribution in [1.29, 1.82) is 0 Å². The van der Waals surface area contributed by atoms with E-state index in [2.05, 4.69) is 17.0 Å². The van der Waals surface area contributed by atoms with Crippen LogP contribution in [0.2, 0.25) is 0 Å². The minimum atomic E-state index is -0.429. The van der Waals surface area contributed by atoms with Crippen LogP contribution in [0.1, 0.15) is 38.2 Å². The number of ether oxygens (including phenoxy) is 1. The maximum atomic E-state index is 12.7. The Hall–Kier alpha value is -1.06. The van der Waals surface area contributed by atoms with Gasteiger partial charge in [0, 0.05) is 6.04 Å². The lowest BCUT2D eigenvalue weighted by Crippen LogP contribution is -2.62. The summed E-state index contributed by atoms with van der Waals surface area (Å²) >= 11 is 0.